The first-order valence-corrected chi connectivity index (χ1v) is 4.31. The highest BCUT2D eigenvalue weighted by Gasteiger charge is 2.12. The fourth-order valence-electron chi connectivity index (χ4n) is 0.922. The molecule has 0 spiro atoms. The van der Waals surface area contributed by atoms with E-state index in [-0.39, 0.29) is 12.3 Å². The van der Waals surface area contributed by atoms with Crippen molar-refractivity contribution in [3.63, 3.8) is 0 Å². The Hall–Kier alpha value is -0.840. The molecular formula is C7H9BrN2O2. The van der Waals surface area contributed by atoms with Gasteiger partial charge in [0.05, 0.1) is 12.6 Å². The Morgan fingerprint density at radius 2 is 2.58 bits per heavy atom. The van der Waals surface area contributed by atoms with Gasteiger partial charge in [0.15, 0.2) is 0 Å². The van der Waals surface area contributed by atoms with E-state index in [1.54, 1.807) is 6.20 Å². The lowest BCUT2D eigenvalue weighted by Gasteiger charge is -2.03. The minimum absolute atomic E-state index is 0.0752. The summed E-state index contributed by atoms with van der Waals surface area (Å²) in [5.41, 5.74) is 0. The van der Waals surface area contributed by atoms with E-state index >= 15 is 0 Å². The maximum Gasteiger partial charge on any atom is 0.304 e. The van der Waals surface area contributed by atoms with Crippen molar-refractivity contribution < 1.29 is 9.90 Å². The second-order valence-corrected chi connectivity index (χ2v) is 3.47. The molecule has 1 atom stereocenters. The SMILES string of the molecule is CC(CC(=O)O)c1ncc(Br)[nH]1. The highest BCUT2D eigenvalue weighted by molar-refractivity contribution is 9.10. The maximum atomic E-state index is 10.3. The van der Waals surface area contributed by atoms with Gasteiger partial charge in [0.25, 0.3) is 0 Å². The van der Waals surface area contributed by atoms with Crippen LogP contribution in [-0.2, 0) is 4.79 Å². The van der Waals surface area contributed by atoms with Gasteiger partial charge in [-0.05, 0) is 15.9 Å². The van der Waals surface area contributed by atoms with Gasteiger partial charge in [-0.2, -0.15) is 0 Å². The molecule has 4 nitrogen and oxygen atoms in total. The molecule has 0 aliphatic rings. The normalized spacial score (nSPS) is 12.8. The topological polar surface area (TPSA) is 66.0 Å². The molecule has 0 aromatic carbocycles. The molecule has 1 heterocycles. The van der Waals surface area contributed by atoms with Gasteiger partial charge in [0.1, 0.15) is 10.4 Å². The molecule has 1 rings (SSSR count). The third kappa shape index (κ3) is 2.34. The van der Waals surface area contributed by atoms with Crippen LogP contribution >= 0.6 is 15.9 Å². The Morgan fingerprint density at radius 3 is 3.00 bits per heavy atom. The van der Waals surface area contributed by atoms with Crippen LogP contribution in [0.1, 0.15) is 25.1 Å². The summed E-state index contributed by atoms with van der Waals surface area (Å²) >= 11 is 3.20. The number of halogens is 1. The third-order valence-electron chi connectivity index (χ3n) is 1.51. The molecule has 0 saturated carbocycles. The van der Waals surface area contributed by atoms with Crippen LogP contribution in [0.3, 0.4) is 0 Å². The van der Waals surface area contributed by atoms with Crippen LogP contribution < -0.4 is 0 Å². The summed E-state index contributed by atoms with van der Waals surface area (Å²) in [6.07, 6.45) is 1.72. The van der Waals surface area contributed by atoms with Gasteiger partial charge < -0.3 is 10.1 Å². The molecule has 0 aliphatic carbocycles. The number of carbonyl (C=O) groups is 1. The van der Waals surface area contributed by atoms with Crippen molar-refractivity contribution in [3.8, 4) is 0 Å². The number of aromatic nitrogens is 2. The number of imidazole rings is 1. The van der Waals surface area contributed by atoms with E-state index in [1.165, 1.54) is 0 Å². The summed E-state index contributed by atoms with van der Waals surface area (Å²) in [6, 6.07) is 0. The summed E-state index contributed by atoms with van der Waals surface area (Å²) in [5.74, 6) is -0.187. The number of carboxylic acids is 1. The molecule has 0 saturated heterocycles. The van der Waals surface area contributed by atoms with E-state index in [0.29, 0.717) is 5.82 Å². The Balaban J connectivity index is 2.64. The Bertz CT molecular complexity index is 285. The third-order valence-corrected chi connectivity index (χ3v) is 1.92. The summed E-state index contributed by atoms with van der Waals surface area (Å²) in [4.78, 5) is 17.3. The van der Waals surface area contributed by atoms with Crippen LogP contribution in [0.25, 0.3) is 0 Å². The number of aromatic amines is 1. The van der Waals surface area contributed by atoms with Crippen LogP contribution in [0.5, 0.6) is 0 Å². The second-order valence-electron chi connectivity index (χ2n) is 2.62. The molecule has 5 heteroatoms. The maximum absolute atomic E-state index is 10.3. The standard InChI is InChI=1S/C7H9BrN2O2/c1-4(2-6(11)12)7-9-3-5(8)10-7/h3-4H,2H2,1H3,(H,9,10)(H,11,12). The van der Waals surface area contributed by atoms with E-state index < -0.39 is 5.97 Å². The van der Waals surface area contributed by atoms with Gasteiger partial charge in [0.2, 0.25) is 0 Å². The van der Waals surface area contributed by atoms with E-state index in [0.717, 1.165) is 4.60 Å². The highest BCUT2D eigenvalue weighted by Crippen LogP contribution is 2.17. The Labute approximate surface area is 78.1 Å². The van der Waals surface area contributed by atoms with Crippen molar-refractivity contribution in [3.05, 3.63) is 16.6 Å². The summed E-state index contributed by atoms with van der Waals surface area (Å²) in [5, 5.41) is 8.50. The predicted molar refractivity (Wildman–Crippen MR) is 47.0 cm³/mol. The predicted octanol–water partition coefficient (Wildman–Crippen LogP) is 1.75. The van der Waals surface area contributed by atoms with Gasteiger partial charge in [-0.25, -0.2) is 4.98 Å². The van der Waals surface area contributed by atoms with Crippen LogP contribution in [-0.4, -0.2) is 21.0 Å². The largest absolute Gasteiger partial charge is 0.481 e. The van der Waals surface area contributed by atoms with E-state index in [2.05, 4.69) is 25.9 Å². The van der Waals surface area contributed by atoms with Gasteiger partial charge in [-0.3, -0.25) is 4.79 Å². The average molecular weight is 233 g/mol. The molecule has 0 fully saturated rings. The highest BCUT2D eigenvalue weighted by atomic mass is 79.9. The number of hydrogen-bond acceptors (Lipinski definition) is 2. The van der Waals surface area contributed by atoms with Crippen molar-refractivity contribution in [2.45, 2.75) is 19.3 Å². The minimum atomic E-state index is -0.810. The van der Waals surface area contributed by atoms with Crippen molar-refractivity contribution in [1.29, 1.82) is 0 Å². The summed E-state index contributed by atoms with van der Waals surface area (Å²) < 4.78 is 0.773. The number of hydrogen-bond donors (Lipinski definition) is 2. The second kappa shape index (κ2) is 3.71. The zero-order valence-electron chi connectivity index (χ0n) is 6.54. The molecule has 1 unspecified atom stereocenters. The number of H-pyrrole nitrogens is 1. The van der Waals surface area contributed by atoms with Crippen molar-refractivity contribution in [2.75, 3.05) is 0 Å². The van der Waals surface area contributed by atoms with E-state index in [1.807, 2.05) is 6.92 Å². The Morgan fingerprint density at radius 1 is 1.92 bits per heavy atom. The van der Waals surface area contributed by atoms with Gasteiger partial charge in [0, 0.05) is 5.92 Å². The van der Waals surface area contributed by atoms with E-state index in [9.17, 15) is 4.79 Å². The number of rotatable bonds is 3. The van der Waals surface area contributed by atoms with Crippen LogP contribution in [0.2, 0.25) is 0 Å². The molecule has 12 heavy (non-hydrogen) atoms. The lowest BCUT2D eigenvalue weighted by molar-refractivity contribution is -0.137. The number of nitrogens with one attached hydrogen (secondary N) is 1. The molecule has 0 amide bonds. The molecule has 1 aromatic heterocycles. The molecule has 2 N–H and O–H groups in total. The van der Waals surface area contributed by atoms with E-state index in [4.69, 9.17) is 5.11 Å². The zero-order valence-corrected chi connectivity index (χ0v) is 8.13. The smallest absolute Gasteiger partial charge is 0.304 e. The van der Waals surface area contributed by atoms with Gasteiger partial charge in [-0.15, -0.1) is 0 Å². The Kier molecular flexibility index (Phi) is 2.86. The van der Waals surface area contributed by atoms with Crippen molar-refractivity contribution >= 4 is 21.9 Å². The average Bonchev–Trinajstić information content (AvgIpc) is 2.34. The first-order chi connectivity index (χ1) is 5.59. The molecule has 0 bridgehead atoms. The van der Waals surface area contributed by atoms with Crippen LogP contribution in [0.4, 0.5) is 0 Å². The number of aliphatic carboxylic acids is 1. The molecule has 1 aromatic rings. The van der Waals surface area contributed by atoms with Gasteiger partial charge >= 0.3 is 5.97 Å². The molecular weight excluding hydrogens is 224 g/mol. The first kappa shape index (κ1) is 9.25. The minimum Gasteiger partial charge on any atom is -0.481 e. The summed E-state index contributed by atoms with van der Waals surface area (Å²) in [6.45, 7) is 1.82. The fourth-order valence-corrected chi connectivity index (χ4v) is 1.23. The zero-order chi connectivity index (χ0) is 9.14. The molecule has 66 valence electrons. The lowest BCUT2D eigenvalue weighted by Crippen LogP contribution is -2.04. The molecule has 0 radical (unpaired) electrons. The van der Waals surface area contributed by atoms with Crippen molar-refractivity contribution in [2.24, 2.45) is 0 Å². The first-order valence-electron chi connectivity index (χ1n) is 3.52. The van der Waals surface area contributed by atoms with Crippen LogP contribution in [0.15, 0.2) is 10.8 Å². The number of nitrogens with zero attached hydrogens (tertiary/aromatic N) is 1. The lowest BCUT2D eigenvalue weighted by atomic mass is 10.1. The quantitative estimate of drug-likeness (QED) is 0.835. The summed E-state index contributed by atoms with van der Waals surface area (Å²) in [7, 11) is 0. The van der Waals surface area contributed by atoms with Crippen molar-refractivity contribution in [1.82, 2.24) is 9.97 Å². The van der Waals surface area contributed by atoms with Gasteiger partial charge in [-0.1, -0.05) is 6.92 Å². The monoisotopic (exact) mass is 232 g/mol. The molecule has 0 aliphatic heterocycles. The fraction of sp³-hybridized carbons (Fsp3) is 0.429. The van der Waals surface area contributed by atoms with Crippen LogP contribution in [0, 0.1) is 0 Å². The number of carboxylic acid groups (broad SMARTS) is 1.